The largest absolute Gasteiger partial charge is 0.508 e. The van der Waals surface area contributed by atoms with Gasteiger partial charge in [0.05, 0.1) is 36.9 Å². The Morgan fingerprint density at radius 3 is 1.50 bits per heavy atom. The fourth-order valence-electron chi connectivity index (χ4n) is 11.3. The van der Waals surface area contributed by atoms with Gasteiger partial charge in [0.25, 0.3) is 0 Å². The number of thioether (sulfide) groups is 1. The number of nitrogens with two attached hydrogens (primary N) is 8. The number of carbonyl (C=O) groups excluding carboxylic acids is 13. The maximum atomic E-state index is 15.1. The molecule has 2 fully saturated rings. The van der Waals surface area contributed by atoms with E-state index >= 15 is 14.4 Å². The molecule has 13 amide bonds. The summed E-state index contributed by atoms with van der Waals surface area (Å²) in [6.07, 6.45) is -1.58. The van der Waals surface area contributed by atoms with Crippen molar-refractivity contribution < 1.29 is 77.3 Å². The van der Waals surface area contributed by atoms with E-state index in [9.17, 15) is 68.2 Å². The number of aliphatic imine (C=N–C) groups is 3. The third kappa shape index (κ3) is 32.8. The number of hydrogen-bond donors (Lipinski definition) is 21. The Morgan fingerprint density at radius 1 is 0.537 bits per heavy atom. The van der Waals surface area contributed by atoms with Crippen molar-refractivity contribution in [2.75, 3.05) is 57.3 Å². The number of aliphatic carboxylic acids is 1. The lowest BCUT2D eigenvalue weighted by Crippen LogP contribution is -2.60. The van der Waals surface area contributed by atoms with Crippen LogP contribution in [-0.4, -0.2) is 233 Å². The van der Waals surface area contributed by atoms with Crippen LogP contribution in [0, 0.1) is 17.2 Å². The molecular weight excluding hydrogens is 1430 g/mol. The normalized spacial score (nSPS) is 22.8. The van der Waals surface area contributed by atoms with Crippen LogP contribution in [0.25, 0.3) is 0 Å². The molecule has 10 atom stereocenters. The Balaban J connectivity index is 1.87. The van der Waals surface area contributed by atoms with E-state index in [-0.39, 0.29) is 157 Å². The number of benzene rings is 2. The Bertz CT molecular complexity index is 3580. The lowest BCUT2D eigenvalue weighted by Gasteiger charge is -2.31. The van der Waals surface area contributed by atoms with E-state index in [0.717, 1.165) is 11.8 Å². The zero-order chi connectivity index (χ0) is 80.0. The van der Waals surface area contributed by atoms with Gasteiger partial charge in [0.2, 0.25) is 76.8 Å². The number of guanidine groups is 3. The van der Waals surface area contributed by atoms with Gasteiger partial charge in [-0.25, -0.2) is 0 Å². The number of carboxylic acids is 1. The summed E-state index contributed by atoms with van der Waals surface area (Å²) in [5.74, 6) is -16.2. The Labute approximate surface area is 627 Å². The number of nitriles is 1. The van der Waals surface area contributed by atoms with Crippen LogP contribution in [-0.2, 0) is 80.0 Å². The maximum absolute atomic E-state index is 15.1. The predicted octanol–water partition coefficient (Wildman–Crippen LogP) is -7.32. The van der Waals surface area contributed by atoms with Crippen molar-refractivity contribution in [1.29, 1.82) is 5.26 Å². The van der Waals surface area contributed by atoms with Crippen LogP contribution < -0.4 is 104 Å². The smallest absolute Gasteiger partial charge is 0.305 e. The second kappa shape index (κ2) is 46.4. The first kappa shape index (κ1) is 88.8. The molecule has 0 aliphatic carbocycles. The fourth-order valence-corrected chi connectivity index (χ4v) is 12.1. The fraction of sp³-hybridized carbons (Fsp3) is 0.552. The predicted molar refractivity (Wildman–Crippen MR) is 396 cm³/mol. The first-order chi connectivity index (χ1) is 51.3. The minimum absolute atomic E-state index is 0.00570. The number of primary amides is 1. The molecular formula is C67H102N24O16S. The molecule has 0 radical (unpaired) electrons. The SMILES string of the molecule is CC(C)C[C@@H]1NC(=O)[C@H](Cc2ccc(O)cc2)NC(=O)CSC[C@@H](C(N)=O)NC(=O)CNC(=O)CNC(=O)[C@H](CCCN=C(N)N)NC(=O)[C@H](CC(=O)O)NC(=O)[C@H](CCCCN)NC(=O)[C@@H]2CCCN2C(=O)[C@H](CCCN=C(N)N)NC(=O)[C@H](Cc2ccc(C#N)cc2)NC(=O)[C@H](CCCN=C(N)N)NC1=O. The minimum Gasteiger partial charge on any atom is -0.508 e. The topological polar surface area (TPSA) is 684 Å². The molecule has 2 aliphatic heterocycles. The number of hydrogen-bond acceptors (Lipinski definition) is 21. The molecule has 2 saturated heterocycles. The molecule has 0 bridgehead atoms. The van der Waals surface area contributed by atoms with Crippen molar-refractivity contribution in [3.63, 3.8) is 0 Å². The Hall–Kier alpha value is -11.6. The standard InChI is InChI=1S/C67H102N24O16S/c1-36(2)27-45-59(102)85-43(11-6-24-78-66(73)74)58(101)89-47(29-37-14-16-39(31-69)17-15-37)61(104)87-44(12-7-25-79-67(75)76)64(107)91-26-8-13-50(91)63(106)86-42(9-3-4-22-68)57(100)90-48(30-54(96)97)62(105)84-41(10-5-23-77-65(71)72)56(99)81-32-51(93)80-33-52(94)83-49(55(70)98)34-108-35-53(95)82-46(60(103)88-45)28-38-18-20-40(92)21-19-38/h14-21,36,41-50,92H,3-13,22-30,32-35,68H2,1-2H3,(H2,70,98)(H,80,93)(H,81,99)(H,82,95)(H,83,94)(H,84,105)(H,85,102)(H,86,106)(H,87,104)(H,88,103)(H,89,101)(H,90,100)(H,96,97)(H4,71,72,77)(H4,73,74,78)(H4,75,76,79)/t41-,42-,43-,44-,45-,46-,47-,48-,49-,50-/m0/s1. The van der Waals surface area contributed by atoms with Crippen LogP contribution in [0.5, 0.6) is 5.75 Å². The first-order valence-electron chi connectivity index (χ1n) is 35.1. The molecule has 2 aromatic rings. The van der Waals surface area contributed by atoms with Gasteiger partial charge in [-0.15, -0.1) is 11.8 Å². The zero-order valence-electron chi connectivity index (χ0n) is 60.3. The van der Waals surface area contributed by atoms with Gasteiger partial charge in [-0.2, -0.15) is 5.26 Å². The summed E-state index contributed by atoms with van der Waals surface area (Å²) < 4.78 is 0. The Morgan fingerprint density at radius 2 is 0.981 bits per heavy atom. The summed E-state index contributed by atoms with van der Waals surface area (Å²) in [7, 11) is 0. The third-order valence-corrected chi connectivity index (χ3v) is 17.8. The molecule has 40 nitrogen and oxygen atoms in total. The van der Waals surface area contributed by atoms with Crippen LogP contribution in [0.15, 0.2) is 63.5 Å². The van der Waals surface area contributed by atoms with E-state index in [1.54, 1.807) is 13.8 Å². The molecule has 0 spiro atoms. The molecule has 0 saturated carbocycles. The van der Waals surface area contributed by atoms with Gasteiger partial charge >= 0.3 is 5.97 Å². The molecule has 29 N–H and O–H groups in total. The average molecular weight is 1530 g/mol. The van der Waals surface area contributed by atoms with E-state index in [1.807, 2.05) is 6.07 Å². The number of unbranched alkanes of at least 4 members (excludes halogenated alkanes) is 1. The highest BCUT2D eigenvalue weighted by Crippen LogP contribution is 2.22. The summed E-state index contributed by atoms with van der Waals surface area (Å²) >= 11 is 0.800. The number of amides is 13. The van der Waals surface area contributed by atoms with E-state index < -0.39 is 168 Å². The van der Waals surface area contributed by atoms with E-state index in [1.165, 1.54) is 53.4 Å². The minimum atomic E-state index is -1.94. The highest BCUT2D eigenvalue weighted by atomic mass is 32.2. The van der Waals surface area contributed by atoms with E-state index in [0.29, 0.717) is 17.5 Å². The van der Waals surface area contributed by atoms with Crippen molar-refractivity contribution in [2.24, 2.45) is 66.8 Å². The number of nitrogens with zero attached hydrogens (tertiary/aromatic N) is 5. The summed E-state index contributed by atoms with van der Waals surface area (Å²) in [5, 5.41) is 57.6. The van der Waals surface area contributed by atoms with Crippen molar-refractivity contribution in [3.8, 4) is 11.8 Å². The van der Waals surface area contributed by atoms with Gasteiger partial charge in [-0.1, -0.05) is 38.1 Å². The Kier molecular flexibility index (Phi) is 38.2. The molecule has 41 heteroatoms. The summed E-state index contributed by atoms with van der Waals surface area (Å²) in [5.41, 5.74) is 46.0. The average Bonchev–Trinajstić information content (AvgIpc) is 1.61. The van der Waals surface area contributed by atoms with Crippen LogP contribution in [0.4, 0.5) is 0 Å². The summed E-state index contributed by atoms with van der Waals surface area (Å²) in [4.78, 5) is 210. The van der Waals surface area contributed by atoms with Crippen LogP contribution in [0.1, 0.15) is 114 Å². The number of carboxylic acid groups (broad SMARTS) is 1. The lowest BCUT2D eigenvalue weighted by molar-refractivity contribution is -0.143. The van der Waals surface area contributed by atoms with Gasteiger partial charge in [0.15, 0.2) is 17.9 Å². The van der Waals surface area contributed by atoms with Gasteiger partial charge in [-0.3, -0.25) is 82.1 Å². The molecule has 108 heavy (non-hydrogen) atoms. The van der Waals surface area contributed by atoms with Crippen molar-refractivity contribution in [3.05, 3.63) is 65.2 Å². The van der Waals surface area contributed by atoms with Crippen LogP contribution in [0.3, 0.4) is 0 Å². The van der Waals surface area contributed by atoms with Crippen molar-refractivity contribution in [1.82, 2.24) is 63.4 Å². The molecule has 0 aromatic heterocycles. The van der Waals surface area contributed by atoms with Crippen LogP contribution >= 0.6 is 11.8 Å². The van der Waals surface area contributed by atoms with Crippen molar-refractivity contribution >= 4 is 112 Å². The number of phenolic OH excluding ortho intramolecular Hbond substituents is 1. The maximum Gasteiger partial charge on any atom is 0.305 e. The number of fused-ring (bicyclic) bond motifs is 1. The van der Waals surface area contributed by atoms with Crippen molar-refractivity contribution in [2.45, 2.75) is 171 Å². The number of nitrogens with one attached hydrogen (secondary N) is 11. The lowest BCUT2D eigenvalue weighted by atomic mass is 9.99. The molecule has 0 unspecified atom stereocenters. The number of aromatic hydroxyl groups is 1. The highest BCUT2D eigenvalue weighted by molar-refractivity contribution is 8.00. The van der Waals surface area contributed by atoms with E-state index in [2.05, 4.69) is 73.5 Å². The molecule has 2 heterocycles. The second-order valence-electron chi connectivity index (χ2n) is 26.0. The quantitative estimate of drug-likeness (QED) is 0.0249. The van der Waals surface area contributed by atoms with Gasteiger partial charge in [0.1, 0.15) is 66.2 Å². The van der Waals surface area contributed by atoms with Crippen LogP contribution in [0.2, 0.25) is 0 Å². The van der Waals surface area contributed by atoms with Gasteiger partial charge in [0, 0.05) is 44.8 Å². The summed E-state index contributed by atoms with van der Waals surface area (Å²) in [6.45, 7) is 1.75. The molecule has 592 valence electrons. The molecule has 2 aliphatic rings. The second-order valence-corrected chi connectivity index (χ2v) is 27.0. The van der Waals surface area contributed by atoms with E-state index in [4.69, 9.17) is 45.9 Å². The van der Waals surface area contributed by atoms with Gasteiger partial charge in [-0.05, 0) is 125 Å². The highest BCUT2D eigenvalue weighted by Gasteiger charge is 2.41. The number of phenols is 1. The zero-order valence-corrected chi connectivity index (χ0v) is 61.1. The number of carbonyl (C=O) groups is 14. The molecule has 4 rings (SSSR count). The molecule has 2 aromatic carbocycles. The van der Waals surface area contributed by atoms with Gasteiger partial charge < -0.3 is 119 Å². The first-order valence-corrected chi connectivity index (χ1v) is 36.2. The number of rotatable bonds is 25. The third-order valence-electron chi connectivity index (χ3n) is 16.7. The monoisotopic (exact) mass is 1530 g/mol. The summed E-state index contributed by atoms with van der Waals surface area (Å²) in [6, 6.07) is -1.69.